The summed E-state index contributed by atoms with van der Waals surface area (Å²) in [6, 6.07) is 0.894. The molecule has 1 aliphatic heterocycles. The number of nitrogens with zero attached hydrogens (tertiary/aromatic N) is 2. The molecule has 0 aromatic rings. The molecule has 17 heavy (non-hydrogen) atoms. The highest BCUT2D eigenvalue weighted by atomic mass is 127. The molecule has 100 valence electrons. The van der Waals surface area contributed by atoms with Crippen LogP contribution in [0.5, 0.6) is 0 Å². The second-order valence-electron chi connectivity index (χ2n) is 5.03. The van der Waals surface area contributed by atoms with E-state index in [1.165, 1.54) is 0 Å². The molecule has 0 radical (unpaired) electrons. The molecule has 1 fully saturated rings. The number of carbonyl (C=O) groups is 1. The smallest absolute Gasteiger partial charge is 0.234 e. The standard InChI is InChI=1S/C12H24IN3O/c1-10(2)16-6-4-15(5-7-16)9-12(17)14-11(3)8-13/h10-11H,4-9H2,1-3H3,(H,14,17). The van der Waals surface area contributed by atoms with Gasteiger partial charge in [0.2, 0.25) is 5.91 Å². The SMILES string of the molecule is CC(CI)NC(=O)CN1CCN(C(C)C)CC1. The Bertz CT molecular complexity index is 240. The highest BCUT2D eigenvalue weighted by Gasteiger charge is 2.20. The number of carbonyl (C=O) groups excluding carboxylic acids is 1. The van der Waals surface area contributed by atoms with Crippen LogP contribution < -0.4 is 5.32 Å². The van der Waals surface area contributed by atoms with Gasteiger partial charge in [-0.3, -0.25) is 14.6 Å². The first kappa shape index (κ1) is 15.2. The second-order valence-corrected chi connectivity index (χ2v) is 5.91. The van der Waals surface area contributed by atoms with Crippen LogP contribution in [0.25, 0.3) is 0 Å². The molecule has 0 aromatic carbocycles. The lowest BCUT2D eigenvalue weighted by atomic mass is 10.2. The van der Waals surface area contributed by atoms with Crippen LogP contribution in [-0.2, 0) is 4.79 Å². The van der Waals surface area contributed by atoms with Gasteiger partial charge in [0.1, 0.15) is 0 Å². The minimum Gasteiger partial charge on any atom is -0.352 e. The highest BCUT2D eigenvalue weighted by molar-refractivity contribution is 14.1. The van der Waals surface area contributed by atoms with Crippen LogP contribution in [0.3, 0.4) is 0 Å². The molecular formula is C12H24IN3O. The predicted molar refractivity (Wildman–Crippen MR) is 79.6 cm³/mol. The highest BCUT2D eigenvalue weighted by Crippen LogP contribution is 2.05. The molecule has 0 aliphatic carbocycles. The van der Waals surface area contributed by atoms with E-state index in [-0.39, 0.29) is 11.9 Å². The van der Waals surface area contributed by atoms with Gasteiger partial charge >= 0.3 is 0 Å². The molecule has 1 unspecified atom stereocenters. The van der Waals surface area contributed by atoms with Crippen LogP contribution in [0.15, 0.2) is 0 Å². The fourth-order valence-electron chi connectivity index (χ4n) is 2.00. The summed E-state index contributed by atoms with van der Waals surface area (Å²) in [6.45, 7) is 11.2. The Morgan fingerprint density at radius 3 is 2.29 bits per heavy atom. The first-order valence-electron chi connectivity index (χ1n) is 6.34. The molecule has 1 heterocycles. The van der Waals surface area contributed by atoms with E-state index in [9.17, 15) is 4.79 Å². The first-order valence-corrected chi connectivity index (χ1v) is 7.87. The van der Waals surface area contributed by atoms with E-state index in [0.717, 1.165) is 30.6 Å². The Hall–Kier alpha value is 0.120. The van der Waals surface area contributed by atoms with Crippen molar-refractivity contribution in [2.75, 3.05) is 37.2 Å². The average molecular weight is 353 g/mol. The number of hydrogen-bond donors (Lipinski definition) is 1. The van der Waals surface area contributed by atoms with Gasteiger partial charge in [-0.25, -0.2) is 0 Å². The molecule has 0 bridgehead atoms. The second kappa shape index (κ2) is 7.53. The summed E-state index contributed by atoms with van der Waals surface area (Å²) >= 11 is 2.29. The normalized spacial score (nSPS) is 20.5. The van der Waals surface area contributed by atoms with E-state index in [2.05, 4.69) is 51.6 Å². The van der Waals surface area contributed by atoms with Crippen molar-refractivity contribution >= 4 is 28.5 Å². The lowest BCUT2D eigenvalue weighted by molar-refractivity contribution is -0.123. The number of amides is 1. The van der Waals surface area contributed by atoms with Crippen LogP contribution in [0.2, 0.25) is 0 Å². The van der Waals surface area contributed by atoms with E-state index < -0.39 is 0 Å². The van der Waals surface area contributed by atoms with Gasteiger partial charge in [-0.15, -0.1) is 0 Å². The van der Waals surface area contributed by atoms with E-state index >= 15 is 0 Å². The predicted octanol–water partition coefficient (Wildman–Crippen LogP) is 0.952. The van der Waals surface area contributed by atoms with Crippen molar-refractivity contribution in [2.45, 2.75) is 32.9 Å². The molecule has 1 rings (SSSR count). The van der Waals surface area contributed by atoms with Crippen LogP contribution >= 0.6 is 22.6 Å². The van der Waals surface area contributed by atoms with Crippen LogP contribution in [0.4, 0.5) is 0 Å². The van der Waals surface area contributed by atoms with Crippen molar-refractivity contribution in [1.82, 2.24) is 15.1 Å². The van der Waals surface area contributed by atoms with Gasteiger partial charge in [0.15, 0.2) is 0 Å². The zero-order chi connectivity index (χ0) is 12.8. The minimum absolute atomic E-state index is 0.159. The molecule has 1 amide bonds. The summed E-state index contributed by atoms with van der Waals surface area (Å²) in [5.74, 6) is 0.159. The molecule has 1 atom stereocenters. The summed E-state index contributed by atoms with van der Waals surface area (Å²) < 4.78 is 0.963. The lowest BCUT2D eigenvalue weighted by Gasteiger charge is -2.36. The monoisotopic (exact) mass is 353 g/mol. The van der Waals surface area contributed by atoms with Gasteiger partial charge in [0, 0.05) is 42.7 Å². The Balaban J connectivity index is 2.23. The van der Waals surface area contributed by atoms with E-state index in [4.69, 9.17) is 0 Å². The number of nitrogens with one attached hydrogen (secondary N) is 1. The number of rotatable bonds is 5. The van der Waals surface area contributed by atoms with E-state index in [0.29, 0.717) is 12.6 Å². The molecule has 1 aliphatic rings. The first-order chi connectivity index (χ1) is 8.02. The van der Waals surface area contributed by atoms with Crippen LogP contribution in [0.1, 0.15) is 20.8 Å². The summed E-state index contributed by atoms with van der Waals surface area (Å²) in [5.41, 5.74) is 0. The van der Waals surface area contributed by atoms with Crippen LogP contribution in [0, 0.1) is 0 Å². The Labute approximate surface area is 118 Å². The molecule has 0 saturated carbocycles. The Kier molecular flexibility index (Phi) is 6.72. The average Bonchev–Trinajstić information content (AvgIpc) is 2.29. The van der Waals surface area contributed by atoms with Crippen molar-refractivity contribution in [3.8, 4) is 0 Å². The van der Waals surface area contributed by atoms with Crippen molar-refractivity contribution in [3.63, 3.8) is 0 Å². The molecule has 1 N–H and O–H groups in total. The quantitative estimate of drug-likeness (QED) is 0.591. The number of hydrogen-bond acceptors (Lipinski definition) is 3. The summed E-state index contributed by atoms with van der Waals surface area (Å²) in [7, 11) is 0. The lowest BCUT2D eigenvalue weighted by Crippen LogP contribution is -2.51. The van der Waals surface area contributed by atoms with Gasteiger partial charge in [-0.05, 0) is 20.8 Å². The van der Waals surface area contributed by atoms with Crippen molar-refractivity contribution in [2.24, 2.45) is 0 Å². The Morgan fingerprint density at radius 2 is 1.82 bits per heavy atom. The molecule has 0 aromatic heterocycles. The zero-order valence-electron chi connectivity index (χ0n) is 11.1. The van der Waals surface area contributed by atoms with Crippen molar-refractivity contribution in [1.29, 1.82) is 0 Å². The van der Waals surface area contributed by atoms with Crippen molar-refractivity contribution < 1.29 is 4.79 Å². The summed E-state index contributed by atoms with van der Waals surface area (Å²) in [5, 5.41) is 3.01. The Morgan fingerprint density at radius 1 is 1.24 bits per heavy atom. The maximum atomic E-state index is 11.7. The van der Waals surface area contributed by atoms with E-state index in [1.54, 1.807) is 0 Å². The largest absolute Gasteiger partial charge is 0.352 e. The number of alkyl halides is 1. The molecule has 5 heteroatoms. The number of piperazine rings is 1. The van der Waals surface area contributed by atoms with Crippen LogP contribution in [-0.4, -0.2) is 64.9 Å². The van der Waals surface area contributed by atoms with Gasteiger partial charge < -0.3 is 5.32 Å². The summed E-state index contributed by atoms with van der Waals surface area (Å²) in [6.07, 6.45) is 0. The molecular weight excluding hydrogens is 329 g/mol. The maximum absolute atomic E-state index is 11.7. The summed E-state index contributed by atoms with van der Waals surface area (Å²) in [4.78, 5) is 16.4. The van der Waals surface area contributed by atoms with Gasteiger partial charge in [0.05, 0.1) is 6.54 Å². The van der Waals surface area contributed by atoms with Crippen molar-refractivity contribution in [3.05, 3.63) is 0 Å². The van der Waals surface area contributed by atoms with Gasteiger partial charge in [0.25, 0.3) is 0 Å². The fraction of sp³-hybridized carbons (Fsp3) is 0.917. The molecule has 4 nitrogen and oxygen atoms in total. The minimum atomic E-state index is 0.159. The fourth-order valence-corrected chi connectivity index (χ4v) is 2.22. The third-order valence-corrected chi connectivity index (χ3v) is 4.46. The zero-order valence-corrected chi connectivity index (χ0v) is 13.2. The molecule has 0 spiro atoms. The third kappa shape index (κ3) is 5.52. The number of halogens is 1. The van der Waals surface area contributed by atoms with E-state index in [1.807, 2.05) is 6.92 Å². The molecule has 1 saturated heterocycles. The van der Waals surface area contributed by atoms with Gasteiger partial charge in [-0.1, -0.05) is 22.6 Å². The van der Waals surface area contributed by atoms with Gasteiger partial charge in [-0.2, -0.15) is 0 Å². The third-order valence-electron chi connectivity index (χ3n) is 3.14. The topological polar surface area (TPSA) is 35.6 Å². The maximum Gasteiger partial charge on any atom is 0.234 e.